The second-order valence-electron chi connectivity index (χ2n) is 10.7. The van der Waals surface area contributed by atoms with Gasteiger partial charge < -0.3 is 26.0 Å². The Morgan fingerprint density at radius 3 is 2.32 bits per heavy atom. The molecule has 41 heavy (non-hydrogen) atoms. The van der Waals surface area contributed by atoms with Gasteiger partial charge in [0.1, 0.15) is 5.82 Å². The van der Waals surface area contributed by atoms with Crippen molar-refractivity contribution >= 4 is 29.1 Å². The summed E-state index contributed by atoms with van der Waals surface area (Å²) in [7, 11) is 1.56. The van der Waals surface area contributed by atoms with Crippen molar-refractivity contribution in [3.05, 3.63) is 65.5 Å². The van der Waals surface area contributed by atoms with E-state index in [0.29, 0.717) is 16.8 Å². The lowest BCUT2D eigenvalue weighted by molar-refractivity contribution is -0.138. The molecule has 0 spiro atoms. The van der Waals surface area contributed by atoms with E-state index in [1.165, 1.54) is 11.0 Å². The zero-order valence-electron chi connectivity index (χ0n) is 23.6. The number of pyridine rings is 1. The highest BCUT2D eigenvalue weighted by Gasteiger charge is 2.31. The van der Waals surface area contributed by atoms with Crippen LogP contribution >= 0.6 is 0 Å². The first kappa shape index (κ1) is 31.6. The van der Waals surface area contributed by atoms with E-state index in [1.54, 1.807) is 37.5 Å². The van der Waals surface area contributed by atoms with Crippen LogP contribution in [0.3, 0.4) is 0 Å². The molecule has 1 fully saturated rings. The van der Waals surface area contributed by atoms with Gasteiger partial charge in [0.05, 0.1) is 18.0 Å². The van der Waals surface area contributed by atoms with Crippen LogP contribution in [0.25, 0.3) is 0 Å². The number of aromatic nitrogens is 1. The van der Waals surface area contributed by atoms with Crippen molar-refractivity contribution in [1.82, 2.24) is 9.88 Å². The fourth-order valence-corrected chi connectivity index (χ4v) is 4.86. The quantitative estimate of drug-likeness (QED) is 0.210. The molecule has 1 aliphatic carbocycles. The van der Waals surface area contributed by atoms with E-state index < -0.39 is 17.7 Å². The monoisotopic (exact) mass is 573 g/mol. The van der Waals surface area contributed by atoms with Crippen LogP contribution in [-0.4, -0.2) is 52.2 Å². The van der Waals surface area contributed by atoms with Gasteiger partial charge in [-0.1, -0.05) is 33.1 Å². The molecule has 11 heteroatoms. The van der Waals surface area contributed by atoms with E-state index in [9.17, 15) is 22.8 Å². The van der Waals surface area contributed by atoms with Gasteiger partial charge in [-0.2, -0.15) is 13.2 Å². The lowest BCUT2D eigenvalue weighted by atomic mass is 9.78. The van der Waals surface area contributed by atoms with Gasteiger partial charge in [0.15, 0.2) is 0 Å². The van der Waals surface area contributed by atoms with Crippen molar-refractivity contribution < 1.29 is 27.9 Å². The third-order valence-corrected chi connectivity index (χ3v) is 7.27. The van der Waals surface area contributed by atoms with Crippen molar-refractivity contribution in [2.45, 2.75) is 64.6 Å². The second kappa shape index (κ2) is 14.1. The van der Waals surface area contributed by atoms with Gasteiger partial charge in [-0.25, -0.2) is 4.98 Å². The van der Waals surface area contributed by atoms with E-state index in [0.717, 1.165) is 50.1 Å². The van der Waals surface area contributed by atoms with Crippen molar-refractivity contribution in [1.29, 1.82) is 5.41 Å². The van der Waals surface area contributed by atoms with E-state index in [4.69, 9.17) is 10.5 Å². The van der Waals surface area contributed by atoms with Crippen LogP contribution in [0, 0.1) is 17.2 Å². The molecule has 0 aliphatic heterocycles. The molecule has 0 radical (unpaired) electrons. The van der Waals surface area contributed by atoms with Crippen molar-refractivity contribution in [2.75, 3.05) is 24.2 Å². The van der Waals surface area contributed by atoms with Gasteiger partial charge in [-0.15, -0.1) is 0 Å². The van der Waals surface area contributed by atoms with E-state index in [-0.39, 0.29) is 42.6 Å². The number of carbonyl (C=O) groups is 2. The summed E-state index contributed by atoms with van der Waals surface area (Å²) in [5, 5.41) is 24.4. The average Bonchev–Trinajstić information content (AvgIpc) is 2.95. The number of anilines is 2. The van der Waals surface area contributed by atoms with Gasteiger partial charge in [0, 0.05) is 48.5 Å². The highest BCUT2D eigenvalue weighted by molar-refractivity contribution is 6.01. The first-order chi connectivity index (χ1) is 19.4. The summed E-state index contributed by atoms with van der Waals surface area (Å²) in [6, 6.07) is 8.91. The van der Waals surface area contributed by atoms with Crippen molar-refractivity contribution in [2.24, 2.45) is 11.8 Å². The summed E-state index contributed by atoms with van der Waals surface area (Å²) in [5.41, 5.74) is 1.44. The highest BCUT2D eigenvalue weighted by Crippen LogP contribution is 2.33. The van der Waals surface area contributed by atoms with Crippen LogP contribution in [0.15, 0.2) is 54.4 Å². The van der Waals surface area contributed by atoms with Gasteiger partial charge >= 0.3 is 12.1 Å². The normalized spacial score (nSPS) is 15.3. The van der Waals surface area contributed by atoms with E-state index in [2.05, 4.69) is 15.6 Å². The van der Waals surface area contributed by atoms with Crippen LogP contribution in [0.2, 0.25) is 0 Å². The molecule has 1 saturated carbocycles. The number of halogens is 3. The van der Waals surface area contributed by atoms with E-state index in [1.807, 2.05) is 13.8 Å². The second-order valence-corrected chi connectivity index (χ2v) is 10.7. The van der Waals surface area contributed by atoms with Gasteiger partial charge in [0.25, 0.3) is 5.91 Å². The van der Waals surface area contributed by atoms with Crippen LogP contribution in [0.4, 0.5) is 24.7 Å². The fraction of sp³-hybridized carbons (Fsp3) is 0.467. The number of carbonyl (C=O) groups excluding carboxylic acids is 1. The molecule has 1 unspecified atom stereocenters. The topological polar surface area (TPSA) is 118 Å². The Morgan fingerprint density at radius 1 is 1.12 bits per heavy atom. The third-order valence-electron chi connectivity index (χ3n) is 7.27. The van der Waals surface area contributed by atoms with Gasteiger partial charge in [-0.05, 0) is 61.1 Å². The molecular formula is C30H38F3N5O3. The largest absolute Gasteiger partial charge is 0.481 e. The maximum atomic E-state index is 13.0. The lowest BCUT2D eigenvalue weighted by Gasteiger charge is -2.34. The molecule has 4 N–H and O–H groups in total. The molecular weight excluding hydrogens is 535 g/mol. The summed E-state index contributed by atoms with van der Waals surface area (Å²) in [5.74, 6) is -0.892. The molecule has 1 atom stereocenters. The molecule has 8 nitrogen and oxygen atoms in total. The molecule has 1 aliphatic rings. The number of aliphatic carboxylic acids is 1. The number of carboxylic acid groups (broad SMARTS) is 1. The molecule has 3 rings (SSSR count). The SMILES string of the molecule is CC(C)C(=N)/C(=C\Nc1ccc(C(F)(F)F)cn1)C(Nc1ccc(C(=O)N(C)CCC(=O)O)cc1)C1CCCCC1. The molecule has 0 saturated heterocycles. The lowest BCUT2D eigenvalue weighted by Crippen LogP contribution is -2.37. The van der Waals surface area contributed by atoms with Gasteiger partial charge in [0.2, 0.25) is 0 Å². The van der Waals surface area contributed by atoms with Crippen molar-refractivity contribution in [3.8, 4) is 0 Å². The predicted octanol–water partition coefficient (Wildman–Crippen LogP) is 6.68. The highest BCUT2D eigenvalue weighted by atomic mass is 19.4. The number of hydrogen-bond acceptors (Lipinski definition) is 6. The van der Waals surface area contributed by atoms with Crippen LogP contribution < -0.4 is 10.6 Å². The number of benzene rings is 1. The number of rotatable bonds is 12. The molecule has 1 amide bonds. The number of carboxylic acids is 1. The summed E-state index contributed by atoms with van der Waals surface area (Å²) < 4.78 is 38.9. The number of nitrogens with zero attached hydrogens (tertiary/aromatic N) is 2. The first-order valence-corrected chi connectivity index (χ1v) is 13.8. The Balaban J connectivity index is 1.87. The summed E-state index contributed by atoms with van der Waals surface area (Å²) in [4.78, 5) is 28.8. The molecule has 0 bridgehead atoms. The smallest absolute Gasteiger partial charge is 0.417 e. The molecule has 1 aromatic carbocycles. The minimum Gasteiger partial charge on any atom is -0.481 e. The van der Waals surface area contributed by atoms with Gasteiger partial charge in [-0.3, -0.25) is 9.59 Å². The standard InChI is InChI=1S/C30H38F3N5O3/c1-19(2)27(34)24(18-36-25-14-11-22(17-35-25)30(31,32)33)28(20-7-5-4-6-8-20)37-23-12-9-21(10-13-23)29(41)38(3)16-15-26(39)40/h9-14,17-20,28,34,37H,4-8,15-16H2,1-3H3,(H,35,36)(H,39,40)/b24-18+,34-27?. The summed E-state index contributed by atoms with van der Waals surface area (Å²) in [6.45, 7) is 3.95. The maximum absolute atomic E-state index is 13.0. The van der Waals surface area contributed by atoms with Crippen molar-refractivity contribution in [3.63, 3.8) is 0 Å². The Bertz CT molecular complexity index is 1220. The maximum Gasteiger partial charge on any atom is 0.417 e. The molecule has 222 valence electrons. The fourth-order valence-electron chi connectivity index (χ4n) is 4.86. The molecule has 1 aromatic heterocycles. The average molecular weight is 574 g/mol. The summed E-state index contributed by atoms with van der Waals surface area (Å²) >= 11 is 0. The number of amides is 1. The number of alkyl halides is 3. The zero-order valence-corrected chi connectivity index (χ0v) is 23.6. The van der Waals surface area contributed by atoms with Crippen LogP contribution in [0.5, 0.6) is 0 Å². The Kier molecular flexibility index (Phi) is 10.9. The Labute approximate surface area is 238 Å². The predicted molar refractivity (Wildman–Crippen MR) is 153 cm³/mol. The Hall–Kier alpha value is -3.89. The van der Waals surface area contributed by atoms with Crippen LogP contribution in [-0.2, 0) is 11.0 Å². The van der Waals surface area contributed by atoms with E-state index >= 15 is 0 Å². The first-order valence-electron chi connectivity index (χ1n) is 13.8. The third kappa shape index (κ3) is 9.06. The number of nitrogens with one attached hydrogen (secondary N) is 3. The Morgan fingerprint density at radius 2 is 1.78 bits per heavy atom. The molecule has 1 heterocycles. The summed E-state index contributed by atoms with van der Waals surface area (Å²) in [6.07, 6.45) is 3.03. The minimum atomic E-state index is -4.48. The molecule has 2 aromatic rings. The minimum absolute atomic E-state index is 0.0992. The number of hydrogen-bond donors (Lipinski definition) is 4. The van der Waals surface area contributed by atoms with Crippen LogP contribution in [0.1, 0.15) is 68.3 Å². The zero-order chi connectivity index (χ0) is 30.2.